The number of esters is 1. The zero-order chi connectivity index (χ0) is 24.2. The summed E-state index contributed by atoms with van der Waals surface area (Å²) in [5, 5.41) is 6.09. The van der Waals surface area contributed by atoms with Crippen molar-refractivity contribution in [3.63, 3.8) is 0 Å². The molecule has 0 aliphatic carbocycles. The Morgan fingerprint density at radius 3 is 2.58 bits per heavy atom. The minimum atomic E-state index is -3.60. The Morgan fingerprint density at radius 1 is 1.21 bits per heavy atom. The zero-order valence-corrected chi connectivity index (χ0v) is 19.8. The van der Waals surface area contributed by atoms with E-state index in [-0.39, 0.29) is 23.6 Å². The summed E-state index contributed by atoms with van der Waals surface area (Å²) < 4.78 is 38.6. The number of anilines is 1. The van der Waals surface area contributed by atoms with E-state index in [1.165, 1.54) is 4.31 Å². The fourth-order valence-corrected chi connectivity index (χ4v) is 4.84. The standard InChI is InChI=1S/C21H27N5O6S/c1-5-26(6-2)33(29,30)15-7-8-17-16(12-15)22-19(25(17)4)9-10-21(28)31-13-20(27)23-18-11-14(3)32-24-18/h7-8,11-12H,5-6,9-10,13H2,1-4H3,(H,23,24,27). The molecule has 2 heterocycles. The van der Waals surface area contributed by atoms with Crippen LogP contribution >= 0.6 is 0 Å². The van der Waals surface area contributed by atoms with Crippen LogP contribution in [0.4, 0.5) is 5.82 Å². The molecule has 178 valence electrons. The number of sulfonamides is 1. The molecule has 1 aromatic carbocycles. The Labute approximate surface area is 191 Å². The highest BCUT2D eigenvalue weighted by molar-refractivity contribution is 7.89. The molecule has 33 heavy (non-hydrogen) atoms. The SMILES string of the molecule is CCN(CC)S(=O)(=O)c1ccc2c(c1)nc(CCC(=O)OCC(=O)Nc1cc(C)on1)n2C. The molecule has 0 radical (unpaired) electrons. The first-order valence-electron chi connectivity index (χ1n) is 10.5. The van der Waals surface area contributed by atoms with Gasteiger partial charge in [0, 0.05) is 32.6 Å². The highest BCUT2D eigenvalue weighted by Crippen LogP contribution is 2.23. The number of hydrogen-bond acceptors (Lipinski definition) is 8. The molecule has 0 saturated carbocycles. The lowest BCUT2D eigenvalue weighted by Crippen LogP contribution is -2.30. The highest BCUT2D eigenvalue weighted by Gasteiger charge is 2.23. The first kappa shape index (κ1) is 24.4. The van der Waals surface area contributed by atoms with E-state index in [1.807, 2.05) is 0 Å². The van der Waals surface area contributed by atoms with E-state index in [2.05, 4.69) is 15.5 Å². The molecule has 0 fully saturated rings. The van der Waals surface area contributed by atoms with Crippen molar-refractivity contribution in [3.05, 3.63) is 35.9 Å². The normalized spacial score (nSPS) is 11.8. The summed E-state index contributed by atoms with van der Waals surface area (Å²) in [6.07, 6.45) is 0.282. The van der Waals surface area contributed by atoms with E-state index in [9.17, 15) is 18.0 Å². The Morgan fingerprint density at radius 2 is 1.94 bits per heavy atom. The highest BCUT2D eigenvalue weighted by atomic mass is 32.2. The molecule has 0 saturated heterocycles. The van der Waals surface area contributed by atoms with Gasteiger partial charge in [-0.3, -0.25) is 9.59 Å². The van der Waals surface area contributed by atoms with Gasteiger partial charge in [-0.25, -0.2) is 13.4 Å². The van der Waals surface area contributed by atoms with E-state index in [4.69, 9.17) is 9.26 Å². The predicted octanol–water partition coefficient (Wildman–Crippen LogP) is 2.01. The van der Waals surface area contributed by atoms with Gasteiger partial charge in [-0.1, -0.05) is 19.0 Å². The largest absolute Gasteiger partial charge is 0.456 e. The fourth-order valence-electron chi connectivity index (χ4n) is 3.36. The number of aryl methyl sites for hydroxylation is 3. The monoisotopic (exact) mass is 477 g/mol. The minimum absolute atomic E-state index is 0.0120. The summed E-state index contributed by atoms with van der Waals surface area (Å²) in [5.41, 5.74) is 1.27. The summed E-state index contributed by atoms with van der Waals surface area (Å²) in [6.45, 7) is 5.58. The van der Waals surface area contributed by atoms with Crippen molar-refractivity contribution in [1.29, 1.82) is 0 Å². The number of imidazole rings is 1. The quantitative estimate of drug-likeness (QED) is 0.438. The number of nitrogens with one attached hydrogen (secondary N) is 1. The Balaban J connectivity index is 1.61. The van der Waals surface area contributed by atoms with Crippen LogP contribution in [0.25, 0.3) is 11.0 Å². The fraction of sp³-hybridized carbons (Fsp3) is 0.429. The second kappa shape index (κ2) is 10.1. The summed E-state index contributed by atoms with van der Waals surface area (Å²) in [5.74, 6) is 0.305. The number of nitrogens with zero attached hydrogens (tertiary/aromatic N) is 4. The van der Waals surface area contributed by atoms with Gasteiger partial charge in [-0.15, -0.1) is 0 Å². The van der Waals surface area contributed by atoms with Crippen molar-refractivity contribution in [2.24, 2.45) is 7.05 Å². The number of rotatable bonds is 10. The molecule has 0 unspecified atom stereocenters. The first-order valence-corrected chi connectivity index (χ1v) is 11.9. The maximum Gasteiger partial charge on any atom is 0.306 e. The number of hydrogen-bond donors (Lipinski definition) is 1. The van der Waals surface area contributed by atoms with E-state index in [1.54, 1.807) is 56.7 Å². The lowest BCUT2D eigenvalue weighted by atomic mass is 10.3. The molecule has 3 rings (SSSR count). The van der Waals surface area contributed by atoms with Crippen molar-refractivity contribution < 1.29 is 27.3 Å². The van der Waals surface area contributed by atoms with Crippen molar-refractivity contribution >= 4 is 38.8 Å². The van der Waals surface area contributed by atoms with E-state index < -0.39 is 28.5 Å². The molecule has 0 aliphatic heterocycles. The number of ether oxygens (including phenoxy) is 1. The number of carbonyl (C=O) groups is 2. The molecule has 2 aromatic heterocycles. The van der Waals surface area contributed by atoms with Gasteiger partial charge in [0.15, 0.2) is 12.4 Å². The number of carbonyl (C=O) groups excluding carboxylic acids is 2. The molecule has 0 atom stereocenters. The third kappa shape index (κ3) is 5.57. The van der Waals surface area contributed by atoms with Gasteiger partial charge in [0.05, 0.1) is 22.3 Å². The summed E-state index contributed by atoms with van der Waals surface area (Å²) in [6, 6.07) is 6.35. The van der Waals surface area contributed by atoms with Crippen molar-refractivity contribution in [2.45, 2.75) is 38.5 Å². The number of fused-ring (bicyclic) bond motifs is 1. The Hall–Kier alpha value is -3.25. The van der Waals surface area contributed by atoms with Crippen LogP contribution in [0.3, 0.4) is 0 Å². The topological polar surface area (TPSA) is 137 Å². The van der Waals surface area contributed by atoms with Gasteiger partial charge < -0.3 is 19.1 Å². The lowest BCUT2D eigenvalue weighted by Gasteiger charge is -2.18. The number of benzene rings is 1. The third-order valence-electron chi connectivity index (χ3n) is 5.10. The molecule has 0 spiro atoms. The molecule has 0 aliphatic rings. The van der Waals surface area contributed by atoms with Gasteiger partial charge >= 0.3 is 5.97 Å². The molecule has 1 N–H and O–H groups in total. The van der Waals surface area contributed by atoms with Gasteiger partial charge in [0.25, 0.3) is 5.91 Å². The van der Waals surface area contributed by atoms with E-state index >= 15 is 0 Å². The average Bonchev–Trinajstić information content (AvgIpc) is 3.33. The smallest absolute Gasteiger partial charge is 0.306 e. The van der Waals surface area contributed by atoms with Crippen molar-refractivity contribution in [1.82, 2.24) is 19.0 Å². The molecule has 1 amide bonds. The first-order chi connectivity index (χ1) is 15.6. The van der Waals surface area contributed by atoms with E-state index in [0.29, 0.717) is 30.2 Å². The second-order valence-electron chi connectivity index (χ2n) is 7.36. The Bertz CT molecular complexity index is 1260. The molecule has 11 nitrogen and oxygen atoms in total. The predicted molar refractivity (Wildman–Crippen MR) is 120 cm³/mol. The van der Waals surface area contributed by atoms with Crippen molar-refractivity contribution in [2.75, 3.05) is 25.0 Å². The number of aromatic nitrogens is 3. The maximum absolute atomic E-state index is 12.8. The second-order valence-corrected chi connectivity index (χ2v) is 9.30. The van der Waals surface area contributed by atoms with Crippen LogP contribution in [0, 0.1) is 6.92 Å². The summed E-state index contributed by atoms with van der Waals surface area (Å²) in [4.78, 5) is 28.6. The Kier molecular flexibility index (Phi) is 7.49. The van der Waals surface area contributed by atoms with Crippen LogP contribution < -0.4 is 5.32 Å². The van der Waals surface area contributed by atoms with Gasteiger partial charge in [0.1, 0.15) is 11.6 Å². The molecule has 12 heteroatoms. The van der Waals surface area contributed by atoms with Crippen LogP contribution in [-0.2, 0) is 37.8 Å². The minimum Gasteiger partial charge on any atom is -0.456 e. The molecular formula is C21H27N5O6S. The molecular weight excluding hydrogens is 450 g/mol. The van der Waals surface area contributed by atoms with Crippen molar-refractivity contribution in [3.8, 4) is 0 Å². The van der Waals surface area contributed by atoms with Gasteiger partial charge in [-0.2, -0.15) is 4.31 Å². The zero-order valence-electron chi connectivity index (χ0n) is 19.0. The maximum atomic E-state index is 12.8. The van der Waals surface area contributed by atoms with E-state index in [0.717, 1.165) is 5.52 Å². The third-order valence-corrected chi connectivity index (χ3v) is 7.15. The van der Waals surface area contributed by atoms with Gasteiger partial charge in [0.2, 0.25) is 10.0 Å². The summed E-state index contributed by atoms with van der Waals surface area (Å²) >= 11 is 0. The van der Waals surface area contributed by atoms with Crippen LogP contribution in [0.15, 0.2) is 33.7 Å². The van der Waals surface area contributed by atoms with Crippen LogP contribution in [0.1, 0.15) is 31.9 Å². The molecule has 0 bridgehead atoms. The number of amides is 1. The van der Waals surface area contributed by atoms with Crippen LogP contribution in [-0.4, -0.2) is 59.0 Å². The van der Waals surface area contributed by atoms with Gasteiger partial charge in [-0.05, 0) is 25.1 Å². The van der Waals surface area contributed by atoms with Crippen LogP contribution in [0.5, 0.6) is 0 Å². The lowest BCUT2D eigenvalue weighted by molar-refractivity contribution is -0.147. The average molecular weight is 478 g/mol. The summed E-state index contributed by atoms with van der Waals surface area (Å²) in [7, 11) is -1.80. The molecule has 3 aromatic rings. The van der Waals surface area contributed by atoms with Crippen LogP contribution in [0.2, 0.25) is 0 Å².